The summed E-state index contributed by atoms with van der Waals surface area (Å²) in [4.78, 5) is 13.6. The van der Waals surface area contributed by atoms with Crippen molar-refractivity contribution in [3.8, 4) is 28.8 Å². The molecule has 0 aliphatic carbocycles. The van der Waals surface area contributed by atoms with Crippen molar-refractivity contribution in [2.24, 2.45) is 0 Å². The number of fused-ring (bicyclic) bond motifs is 1. The fraction of sp³-hybridized carbons (Fsp3) is 0.333. The van der Waals surface area contributed by atoms with Crippen molar-refractivity contribution in [2.75, 3.05) is 52.3 Å². The van der Waals surface area contributed by atoms with Gasteiger partial charge in [0.15, 0.2) is 17.3 Å². The van der Waals surface area contributed by atoms with E-state index >= 15 is 0 Å². The second-order valence-corrected chi connectivity index (χ2v) is 6.93. The first-order valence-corrected chi connectivity index (χ1v) is 9.25. The molecule has 3 aromatic rings. The van der Waals surface area contributed by atoms with Crippen molar-refractivity contribution in [1.82, 2.24) is 14.9 Å². The lowest BCUT2D eigenvalue weighted by Crippen LogP contribution is -2.44. The summed E-state index contributed by atoms with van der Waals surface area (Å²) in [5, 5.41) is 10.9. The third-order valence-electron chi connectivity index (χ3n) is 5.17. The Balaban J connectivity index is 1.67. The molecule has 7 heteroatoms. The van der Waals surface area contributed by atoms with Crippen LogP contribution in [0.2, 0.25) is 0 Å². The monoisotopic (exact) mass is 380 g/mol. The Bertz CT molecular complexity index is 983. The Morgan fingerprint density at radius 1 is 0.893 bits per heavy atom. The molecule has 1 saturated heterocycles. The van der Waals surface area contributed by atoms with Crippen LogP contribution in [0.5, 0.6) is 17.4 Å². The van der Waals surface area contributed by atoms with E-state index < -0.39 is 0 Å². The Hall–Kier alpha value is -3.06. The number of benzene rings is 2. The van der Waals surface area contributed by atoms with Gasteiger partial charge >= 0.3 is 0 Å². The van der Waals surface area contributed by atoms with Gasteiger partial charge in [0.05, 0.1) is 25.1 Å². The van der Waals surface area contributed by atoms with Gasteiger partial charge in [-0.1, -0.05) is 0 Å². The van der Waals surface area contributed by atoms with E-state index in [0.29, 0.717) is 28.2 Å². The molecular weight excluding hydrogens is 356 g/mol. The number of ether oxygens (including phenoxy) is 2. The number of hydrogen-bond acceptors (Lipinski definition) is 7. The lowest BCUT2D eigenvalue weighted by Gasteiger charge is -2.34. The molecule has 0 spiro atoms. The van der Waals surface area contributed by atoms with E-state index in [4.69, 9.17) is 9.47 Å². The fourth-order valence-electron chi connectivity index (χ4n) is 3.45. The van der Waals surface area contributed by atoms with Crippen molar-refractivity contribution in [1.29, 1.82) is 0 Å². The minimum absolute atomic E-state index is 0.0795. The van der Waals surface area contributed by atoms with Gasteiger partial charge in [-0.3, -0.25) is 0 Å². The molecule has 0 bridgehead atoms. The van der Waals surface area contributed by atoms with E-state index in [1.54, 1.807) is 26.4 Å². The molecule has 2 aromatic carbocycles. The van der Waals surface area contributed by atoms with E-state index in [9.17, 15) is 5.11 Å². The number of methoxy groups -OCH3 is 2. The highest BCUT2D eigenvalue weighted by atomic mass is 16.5. The summed E-state index contributed by atoms with van der Waals surface area (Å²) in [6.45, 7) is 4.17. The molecule has 0 unspecified atom stereocenters. The van der Waals surface area contributed by atoms with Gasteiger partial charge in [0.25, 0.3) is 0 Å². The Morgan fingerprint density at radius 2 is 1.54 bits per heavy atom. The maximum absolute atomic E-state index is 10.4. The molecule has 0 radical (unpaired) electrons. The van der Waals surface area contributed by atoms with Crippen LogP contribution in [0.15, 0.2) is 36.4 Å². The predicted octanol–water partition coefficient (Wildman–Crippen LogP) is 2.77. The molecule has 28 heavy (non-hydrogen) atoms. The van der Waals surface area contributed by atoms with Gasteiger partial charge in [0.1, 0.15) is 0 Å². The Morgan fingerprint density at radius 3 is 2.18 bits per heavy atom. The van der Waals surface area contributed by atoms with E-state index in [1.165, 1.54) is 5.69 Å². The quantitative estimate of drug-likeness (QED) is 0.746. The van der Waals surface area contributed by atoms with Crippen LogP contribution in [0.3, 0.4) is 0 Å². The molecule has 1 aliphatic rings. The summed E-state index contributed by atoms with van der Waals surface area (Å²) >= 11 is 0. The summed E-state index contributed by atoms with van der Waals surface area (Å²) in [5.41, 5.74) is 2.64. The van der Waals surface area contributed by atoms with Gasteiger partial charge in [-0.05, 0) is 37.4 Å². The topological polar surface area (TPSA) is 71.0 Å². The van der Waals surface area contributed by atoms with Gasteiger partial charge in [0.2, 0.25) is 5.88 Å². The number of hydrogen-bond donors (Lipinski definition) is 1. The number of nitrogens with zero attached hydrogens (tertiary/aromatic N) is 4. The summed E-state index contributed by atoms with van der Waals surface area (Å²) in [6, 6.07) is 11.6. The average molecular weight is 380 g/mol. The van der Waals surface area contributed by atoms with E-state index in [0.717, 1.165) is 31.7 Å². The number of piperazine rings is 1. The van der Waals surface area contributed by atoms with Gasteiger partial charge < -0.3 is 24.4 Å². The highest BCUT2D eigenvalue weighted by Gasteiger charge is 2.16. The van der Waals surface area contributed by atoms with Crippen molar-refractivity contribution in [3.05, 3.63) is 36.4 Å². The number of likely N-dealkylation sites (N-methyl/N-ethyl adjacent to an activating group) is 1. The molecule has 4 rings (SSSR count). The van der Waals surface area contributed by atoms with Crippen LogP contribution in [0, 0.1) is 0 Å². The summed E-state index contributed by atoms with van der Waals surface area (Å²) < 4.78 is 10.6. The second-order valence-electron chi connectivity index (χ2n) is 6.93. The van der Waals surface area contributed by atoms with Crippen molar-refractivity contribution in [3.63, 3.8) is 0 Å². The first-order chi connectivity index (χ1) is 13.6. The molecule has 0 amide bonds. The van der Waals surface area contributed by atoms with Crippen LogP contribution in [-0.2, 0) is 0 Å². The number of aromatic hydroxyl groups is 1. The molecule has 0 atom stereocenters. The Labute approximate surface area is 164 Å². The maximum Gasteiger partial charge on any atom is 0.222 e. The first kappa shape index (κ1) is 18.3. The van der Waals surface area contributed by atoms with Gasteiger partial charge in [0, 0.05) is 43.5 Å². The number of anilines is 1. The summed E-state index contributed by atoms with van der Waals surface area (Å²) in [5.74, 6) is 1.48. The first-order valence-electron chi connectivity index (χ1n) is 9.25. The molecule has 1 N–H and O–H groups in total. The zero-order chi connectivity index (χ0) is 19.7. The van der Waals surface area contributed by atoms with Gasteiger partial charge in [-0.15, -0.1) is 0 Å². The maximum atomic E-state index is 10.4. The van der Waals surface area contributed by atoms with Crippen LogP contribution >= 0.6 is 0 Å². The van der Waals surface area contributed by atoms with Crippen LogP contribution in [0.4, 0.5) is 5.69 Å². The van der Waals surface area contributed by atoms with Crippen LogP contribution in [0.25, 0.3) is 22.3 Å². The highest BCUT2D eigenvalue weighted by molar-refractivity contribution is 5.88. The molecule has 1 fully saturated rings. The number of rotatable bonds is 4. The third kappa shape index (κ3) is 3.41. The van der Waals surface area contributed by atoms with Gasteiger partial charge in [-0.25, -0.2) is 4.98 Å². The van der Waals surface area contributed by atoms with E-state index in [2.05, 4.69) is 38.9 Å². The van der Waals surface area contributed by atoms with Crippen molar-refractivity contribution >= 4 is 16.6 Å². The average Bonchev–Trinajstić information content (AvgIpc) is 2.73. The van der Waals surface area contributed by atoms with Crippen LogP contribution < -0.4 is 14.4 Å². The standard InChI is InChI=1S/C21H24N4O3/c1-24-8-10-25(11-9-24)15-6-4-14(5-7-15)20-22-17-13-19(28-3)18(27-2)12-16(17)21(26)23-20/h4-7,12-13H,8-11H2,1-3H3,(H,22,23,26). The molecule has 146 valence electrons. The lowest BCUT2D eigenvalue weighted by atomic mass is 10.1. The second kappa shape index (κ2) is 7.52. The number of aromatic nitrogens is 2. The SMILES string of the molecule is COc1cc2nc(-c3ccc(N4CCN(C)CC4)cc3)nc(O)c2cc1OC. The zero-order valence-electron chi connectivity index (χ0n) is 16.3. The fourth-order valence-corrected chi connectivity index (χ4v) is 3.45. The van der Waals surface area contributed by atoms with E-state index in [1.807, 2.05) is 12.1 Å². The highest BCUT2D eigenvalue weighted by Crippen LogP contribution is 2.35. The minimum atomic E-state index is -0.0795. The molecule has 7 nitrogen and oxygen atoms in total. The van der Waals surface area contributed by atoms with Crippen LogP contribution in [-0.4, -0.2) is 67.4 Å². The smallest absolute Gasteiger partial charge is 0.222 e. The normalized spacial score (nSPS) is 15.0. The van der Waals surface area contributed by atoms with Gasteiger partial charge in [-0.2, -0.15) is 4.98 Å². The largest absolute Gasteiger partial charge is 0.493 e. The predicted molar refractivity (Wildman–Crippen MR) is 109 cm³/mol. The van der Waals surface area contributed by atoms with E-state index in [-0.39, 0.29) is 5.88 Å². The molecular formula is C21H24N4O3. The summed E-state index contributed by atoms with van der Waals surface area (Å²) in [7, 11) is 5.27. The molecule has 0 saturated carbocycles. The Kier molecular flexibility index (Phi) is 4.92. The minimum Gasteiger partial charge on any atom is -0.493 e. The lowest BCUT2D eigenvalue weighted by molar-refractivity contribution is 0.313. The molecule has 1 aromatic heterocycles. The summed E-state index contributed by atoms with van der Waals surface area (Å²) in [6.07, 6.45) is 0. The molecule has 1 aliphatic heterocycles. The van der Waals surface area contributed by atoms with Crippen molar-refractivity contribution < 1.29 is 14.6 Å². The zero-order valence-corrected chi connectivity index (χ0v) is 16.3. The van der Waals surface area contributed by atoms with Crippen molar-refractivity contribution in [2.45, 2.75) is 0 Å². The van der Waals surface area contributed by atoms with Crippen LogP contribution in [0.1, 0.15) is 0 Å². The molecule has 2 heterocycles. The third-order valence-corrected chi connectivity index (χ3v) is 5.17.